The van der Waals surface area contributed by atoms with E-state index in [1.807, 2.05) is 49.5 Å². The van der Waals surface area contributed by atoms with Gasteiger partial charge in [0.1, 0.15) is 5.75 Å². The third-order valence-electron chi connectivity index (χ3n) is 4.66. The average Bonchev–Trinajstić information content (AvgIpc) is 3.04. The number of benzene rings is 2. The standard InChI is InChI=1S/C23H26N2O2/c1-15(13-16-14-24-19-7-6-8-20(27-5)21(16)19)22(26)25-18-11-9-17(10-12-18)23(2,3)4/h6-14,24H,1-5H3,(H,25,26)/b15-13+. The van der Waals surface area contributed by atoms with Gasteiger partial charge in [0, 0.05) is 33.9 Å². The molecule has 1 amide bonds. The summed E-state index contributed by atoms with van der Waals surface area (Å²) in [6.07, 6.45) is 3.77. The molecule has 1 heterocycles. The molecule has 0 spiro atoms. The molecule has 4 nitrogen and oxygen atoms in total. The van der Waals surface area contributed by atoms with Crippen molar-refractivity contribution in [2.24, 2.45) is 0 Å². The van der Waals surface area contributed by atoms with Gasteiger partial charge >= 0.3 is 0 Å². The number of fused-ring (bicyclic) bond motifs is 1. The number of ether oxygens (including phenoxy) is 1. The molecular weight excluding hydrogens is 336 g/mol. The van der Waals surface area contributed by atoms with Crippen LogP contribution in [0.5, 0.6) is 5.75 Å². The lowest BCUT2D eigenvalue weighted by atomic mass is 9.87. The number of carbonyl (C=O) groups excluding carboxylic acids is 1. The molecule has 0 bridgehead atoms. The van der Waals surface area contributed by atoms with Gasteiger partial charge < -0.3 is 15.0 Å². The SMILES string of the molecule is COc1cccc2[nH]cc(/C=C(\C)C(=O)Nc3ccc(C(C)(C)C)cc3)c12. The third-order valence-corrected chi connectivity index (χ3v) is 4.66. The summed E-state index contributed by atoms with van der Waals surface area (Å²) in [4.78, 5) is 15.8. The van der Waals surface area contributed by atoms with Gasteiger partial charge in [-0.25, -0.2) is 0 Å². The molecule has 0 atom stereocenters. The minimum absolute atomic E-state index is 0.0900. The van der Waals surface area contributed by atoms with Crippen LogP contribution in [0.25, 0.3) is 17.0 Å². The minimum atomic E-state index is -0.122. The first-order valence-corrected chi connectivity index (χ1v) is 9.04. The van der Waals surface area contributed by atoms with Crippen molar-refractivity contribution in [3.63, 3.8) is 0 Å². The van der Waals surface area contributed by atoms with Crippen LogP contribution in [0.3, 0.4) is 0 Å². The van der Waals surface area contributed by atoms with Crippen LogP contribution in [-0.2, 0) is 10.2 Å². The van der Waals surface area contributed by atoms with E-state index in [-0.39, 0.29) is 11.3 Å². The minimum Gasteiger partial charge on any atom is -0.496 e. The van der Waals surface area contributed by atoms with Crippen molar-refractivity contribution in [1.82, 2.24) is 4.98 Å². The highest BCUT2D eigenvalue weighted by Crippen LogP contribution is 2.30. The zero-order valence-corrected chi connectivity index (χ0v) is 16.5. The average molecular weight is 362 g/mol. The molecule has 0 aliphatic rings. The lowest BCUT2D eigenvalue weighted by Crippen LogP contribution is -2.14. The first-order valence-electron chi connectivity index (χ1n) is 9.04. The highest BCUT2D eigenvalue weighted by molar-refractivity contribution is 6.08. The quantitative estimate of drug-likeness (QED) is 0.601. The van der Waals surface area contributed by atoms with Gasteiger partial charge in [0.25, 0.3) is 5.91 Å². The molecule has 0 saturated carbocycles. The Kier molecular flexibility index (Phi) is 5.08. The molecule has 3 aromatic rings. The maximum Gasteiger partial charge on any atom is 0.251 e. The smallest absolute Gasteiger partial charge is 0.251 e. The summed E-state index contributed by atoms with van der Waals surface area (Å²) < 4.78 is 5.45. The third kappa shape index (κ3) is 4.05. The van der Waals surface area contributed by atoms with Crippen molar-refractivity contribution in [2.75, 3.05) is 12.4 Å². The Balaban J connectivity index is 1.81. The number of aromatic nitrogens is 1. The Hall–Kier alpha value is -3.01. The number of rotatable bonds is 4. The number of anilines is 1. The van der Waals surface area contributed by atoms with Crippen molar-refractivity contribution in [1.29, 1.82) is 0 Å². The Morgan fingerprint density at radius 2 is 1.81 bits per heavy atom. The summed E-state index contributed by atoms with van der Waals surface area (Å²) in [5.41, 5.74) is 4.65. The Morgan fingerprint density at radius 1 is 1.11 bits per heavy atom. The molecule has 0 radical (unpaired) electrons. The van der Waals surface area contributed by atoms with Gasteiger partial charge in [-0.3, -0.25) is 4.79 Å². The van der Waals surface area contributed by atoms with Crippen LogP contribution in [0.4, 0.5) is 5.69 Å². The molecule has 27 heavy (non-hydrogen) atoms. The number of carbonyl (C=O) groups is 1. The molecule has 3 rings (SSSR count). The Bertz CT molecular complexity index is 989. The fraction of sp³-hybridized carbons (Fsp3) is 0.261. The van der Waals surface area contributed by atoms with Crippen molar-refractivity contribution in [3.8, 4) is 5.75 Å². The zero-order valence-electron chi connectivity index (χ0n) is 16.5. The lowest BCUT2D eigenvalue weighted by molar-refractivity contribution is -0.112. The van der Waals surface area contributed by atoms with E-state index in [4.69, 9.17) is 4.74 Å². The van der Waals surface area contributed by atoms with Crippen molar-refractivity contribution < 1.29 is 9.53 Å². The van der Waals surface area contributed by atoms with Crippen molar-refractivity contribution >= 4 is 28.6 Å². The molecule has 0 unspecified atom stereocenters. The first kappa shape index (κ1) is 18.8. The maximum atomic E-state index is 12.6. The summed E-state index contributed by atoms with van der Waals surface area (Å²) in [6, 6.07) is 13.8. The Labute approximate surface area is 160 Å². The molecule has 4 heteroatoms. The molecule has 0 aliphatic carbocycles. The predicted octanol–water partition coefficient (Wildman–Crippen LogP) is 5.52. The molecule has 0 aliphatic heterocycles. The van der Waals surface area contributed by atoms with Crippen molar-refractivity contribution in [2.45, 2.75) is 33.1 Å². The van der Waals surface area contributed by atoms with Crippen LogP contribution >= 0.6 is 0 Å². The summed E-state index contributed by atoms with van der Waals surface area (Å²) in [7, 11) is 1.65. The number of H-pyrrole nitrogens is 1. The molecule has 0 saturated heterocycles. The maximum absolute atomic E-state index is 12.6. The number of hydrogen-bond acceptors (Lipinski definition) is 2. The Morgan fingerprint density at radius 3 is 2.44 bits per heavy atom. The molecular formula is C23H26N2O2. The van der Waals surface area contributed by atoms with E-state index in [2.05, 4.69) is 43.2 Å². The van der Waals surface area contributed by atoms with E-state index in [0.29, 0.717) is 5.57 Å². The van der Waals surface area contributed by atoms with E-state index in [1.165, 1.54) is 5.56 Å². The second-order valence-electron chi connectivity index (χ2n) is 7.74. The number of nitrogens with one attached hydrogen (secondary N) is 2. The highest BCUT2D eigenvalue weighted by Gasteiger charge is 2.14. The molecule has 140 valence electrons. The van der Waals surface area contributed by atoms with Crippen LogP contribution in [0.1, 0.15) is 38.8 Å². The predicted molar refractivity (Wildman–Crippen MR) is 112 cm³/mol. The van der Waals surface area contributed by atoms with E-state index < -0.39 is 0 Å². The number of hydrogen-bond donors (Lipinski definition) is 2. The summed E-state index contributed by atoms with van der Waals surface area (Å²) in [5, 5.41) is 3.93. The van der Waals surface area contributed by atoms with Gasteiger partial charge in [-0.05, 0) is 48.2 Å². The summed E-state index contributed by atoms with van der Waals surface area (Å²) in [5.74, 6) is 0.661. The second-order valence-corrected chi connectivity index (χ2v) is 7.74. The van der Waals surface area contributed by atoms with Gasteiger partial charge in [0.05, 0.1) is 7.11 Å². The van der Waals surface area contributed by atoms with Crippen LogP contribution in [0.15, 0.2) is 54.2 Å². The topological polar surface area (TPSA) is 54.1 Å². The fourth-order valence-electron chi connectivity index (χ4n) is 3.04. The highest BCUT2D eigenvalue weighted by atomic mass is 16.5. The van der Waals surface area contributed by atoms with E-state index in [9.17, 15) is 4.79 Å². The van der Waals surface area contributed by atoms with E-state index in [0.717, 1.165) is 27.9 Å². The van der Waals surface area contributed by atoms with Gasteiger partial charge in [0.2, 0.25) is 0 Å². The largest absolute Gasteiger partial charge is 0.496 e. The van der Waals surface area contributed by atoms with Gasteiger partial charge in [-0.15, -0.1) is 0 Å². The molecule has 2 aromatic carbocycles. The first-order chi connectivity index (χ1) is 12.8. The molecule has 2 N–H and O–H groups in total. The summed E-state index contributed by atoms with van der Waals surface area (Å²) in [6.45, 7) is 8.32. The fourth-order valence-corrected chi connectivity index (χ4v) is 3.04. The van der Waals surface area contributed by atoms with Crippen LogP contribution in [0.2, 0.25) is 0 Å². The van der Waals surface area contributed by atoms with Gasteiger partial charge in [-0.1, -0.05) is 39.0 Å². The van der Waals surface area contributed by atoms with E-state index >= 15 is 0 Å². The lowest BCUT2D eigenvalue weighted by Gasteiger charge is -2.19. The van der Waals surface area contributed by atoms with Crippen molar-refractivity contribution in [3.05, 3.63) is 65.4 Å². The number of aromatic amines is 1. The monoisotopic (exact) mass is 362 g/mol. The zero-order chi connectivity index (χ0) is 19.6. The number of methoxy groups -OCH3 is 1. The van der Waals surface area contributed by atoms with Gasteiger partial charge in [-0.2, -0.15) is 0 Å². The van der Waals surface area contributed by atoms with Crippen LogP contribution in [-0.4, -0.2) is 18.0 Å². The second kappa shape index (κ2) is 7.31. The van der Waals surface area contributed by atoms with Crippen LogP contribution in [0, 0.1) is 0 Å². The summed E-state index contributed by atoms with van der Waals surface area (Å²) >= 11 is 0. The van der Waals surface area contributed by atoms with E-state index in [1.54, 1.807) is 7.11 Å². The molecule has 0 fully saturated rings. The van der Waals surface area contributed by atoms with Gasteiger partial charge in [0.15, 0.2) is 0 Å². The molecule has 1 aromatic heterocycles. The normalized spacial score (nSPS) is 12.3. The number of amides is 1. The van der Waals surface area contributed by atoms with Crippen LogP contribution < -0.4 is 10.1 Å².